The quantitative estimate of drug-likeness (QED) is 0.409. The highest BCUT2D eigenvalue weighted by Gasteiger charge is 2.31. The van der Waals surface area contributed by atoms with Crippen LogP contribution in [0.5, 0.6) is 0 Å². The second-order valence-corrected chi connectivity index (χ2v) is 8.96. The number of nitrogens with zero attached hydrogens (tertiary/aromatic N) is 2. The molecule has 0 spiro atoms. The number of aromatic nitrogens is 1. The Kier molecular flexibility index (Phi) is 6.69. The van der Waals surface area contributed by atoms with E-state index in [1.807, 2.05) is 17.5 Å². The van der Waals surface area contributed by atoms with Crippen molar-refractivity contribution in [3.63, 3.8) is 0 Å². The van der Waals surface area contributed by atoms with Gasteiger partial charge in [-0.15, -0.1) is 11.3 Å². The van der Waals surface area contributed by atoms with Gasteiger partial charge >= 0.3 is 0 Å². The molecule has 1 fully saturated rings. The van der Waals surface area contributed by atoms with Gasteiger partial charge in [-0.05, 0) is 74.0 Å². The number of nitrogens with one attached hydrogen (secondary N) is 3. The van der Waals surface area contributed by atoms with Gasteiger partial charge in [0.1, 0.15) is 5.82 Å². The van der Waals surface area contributed by atoms with Crippen molar-refractivity contribution < 1.29 is 4.39 Å². The normalized spacial score (nSPS) is 20.6. The number of rotatable bonds is 6. The van der Waals surface area contributed by atoms with E-state index in [1.54, 1.807) is 19.2 Å². The number of aromatic amines is 1. The van der Waals surface area contributed by atoms with Crippen LogP contribution in [0.3, 0.4) is 0 Å². The molecule has 0 radical (unpaired) electrons. The number of hydrogen-bond donors (Lipinski definition) is 3. The standard InChI is InChI=1S/C23H30FN5S/c1-25-23(26-10-9-16-14-27-20-8-7-18(24)13-19(16)20)28-15-17-5-3-11-29(2)22(17)21-6-4-12-30-21/h4,6-8,12-14,17,22,27H,3,5,9-11,15H2,1-2H3,(H2,25,26,28). The SMILES string of the molecule is CN=C(NCCc1c[nH]c2ccc(F)cc12)NCC1CCCN(C)C1c1cccs1. The van der Waals surface area contributed by atoms with Gasteiger partial charge in [0.25, 0.3) is 0 Å². The average Bonchev–Trinajstić information content (AvgIpc) is 3.41. The number of piperidine rings is 1. The van der Waals surface area contributed by atoms with Crippen LogP contribution in [0.4, 0.5) is 4.39 Å². The maximum atomic E-state index is 13.6. The molecule has 3 N–H and O–H groups in total. The molecule has 0 bridgehead atoms. The summed E-state index contributed by atoms with van der Waals surface area (Å²) >= 11 is 1.85. The van der Waals surface area contributed by atoms with Crippen molar-refractivity contribution in [2.24, 2.45) is 10.9 Å². The van der Waals surface area contributed by atoms with Crippen molar-refractivity contribution in [1.29, 1.82) is 0 Å². The summed E-state index contributed by atoms with van der Waals surface area (Å²) in [5, 5.41) is 10.0. The summed E-state index contributed by atoms with van der Waals surface area (Å²) in [7, 11) is 4.04. The highest BCUT2D eigenvalue weighted by molar-refractivity contribution is 7.10. The fourth-order valence-electron chi connectivity index (χ4n) is 4.50. The van der Waals surface area contributed by atoms with Crippen molar-refractivity contribution in [2.45, 2.75) is 25.3 Å². The van der Waals surface area contributed by atoms with Gasteiger partial charge in [-0.3, -0.25) is 9.89 Å². The number of hydrogen-bond acceptors (Lipinski definition) is 3. The van der Waals surface area contributed by atoms with Crippen LogP contribution in [-0.4, -0.2) is 49.6 Å². The molecule has 3 aromatic rings. The highest BCUT2D eigenvalue weighted by Crippen LogP contribution is 2.36. The molecule has 2 aromatic heterocycles. The Hall–Kier alpha value is -2.38. The smallest absolute Gasteiger partial charge is 0.190 e. The van der Waals surface area contributed by atoms with E-state index in [9.17, 15) is 4.39 Å². The number of aliphatic imine (C=N–C) groups is 1. The van der Waals surface area contributed by atoms with E-state index in [0.29, 0.717) is 12.0 Å². The van der Waals surface area contributed by atoms with Crippen LogP contribution < -0.4 is 10.6 Å². The Morgan fingerprint density at radius 3 is 3.03 bits per heavy atom. The lowest BCUT2D eigenvalue weighted by Gasteiger charge is -2.39. The highest BCUT2D eigenvalue weighted by atomic mass is 32.1. The first kappa shape index (κ1) is 20.9. The van der Waals surface area contributed by atoms with E-state index in [2.05, 4.69) is 50.1 Å². The molecule has 3 heterocycles. The van der Waals surface area contributed by atoms with Crippen LogP contribution in [0.15, 0.2) is 46.9 Å². The molecule has 0 aliphatic carbocycles. The van der Waals surface area contributed by atoms with Crippen LogP contribution in [-0.2, 0) is 6.42 Å². The molecule has 2 unspecified atom stereocenters. The number of guanidine groups is 1. The van der Waals surface area contributed by atoms with E-state index in [0.717, 1.165) is 48.5 Å². The third kappa shape index (κ3) is 4.68. The van der Waals surface area contributed by atoms with Gasteiger partial charge in [0.05, 0.1) is 0 Å². The average molecular weight is 428 g/mol. The lowest BCUT2D eigenvalue weighted by atomic mass is 9.88. The van der Waals surface area contributed by atoms with Crippen molar-refractivity contribution in [3.8, 4) is 0 Å². The number of halogens is 1. The lowest BCUT2D eigenvalue weighted by Crippen LogP contribution is -2.45. The molecular formula is C23H30FN5S. The summed E-state index contributed by atoms with van der Waals surface area (Å²) in [6, 6.07) is 9.72. The van der Waals surface area contributed by atoms with Crippen LogP contribution in [0, 0.1) is 11.7 Å². The third-order valence-electron chi connectivity index (χ3n) is 6.01. The first-order chi connectivity index (χ1) is 14.7. The summed E-state index contributed by atoms with van der Waals surface area (Å²) in [5.41, 5.74) is 2.08. The molecule has 0 amide bonds. The minimum Gasteiger partial charge on any atom is -0.361 e. The second-order valence-electron chi connectivity index (χ2n) is 7.98. The van der Waals surface area contributed by atoms with E-state index in [4.69, 9.17) is 0 Å². The minimum atomic E-state index is -0.202. The zero-order valence-corrected chi connectivity index (χ0v) is 18.4. The Balaban J connectivity index is 1.32. The maximum absolute atomic E-state index is 13.6. The van der Waals surface area contributed by atoms with E-state index in [-0.39, 0.29) is 5.82 Å². The first-order valence-corrected chi connectivity index (χ1v) is 11.5. The molecule has 30 heavy (non-hydrogen) atoms. The summed E-state index contributed by atoms with van der Waals surface area (Å²) in [4.78, 5) is 11.5. The molecule has 2 atom stereocenters. The predicted octanol–water partition coefficient (Wildman–Crippen LogP) is 4.16. The lowest BCUT2D eigenvalue weighted by molar-refractivity contribution is 0.125. The zero-order valence-electron chi connectivity index (χ0n) is 17.6. The van der Waals surface area contributed by atoms with Crippen LogP contribution in [0.1, 0.15) is 29.3 Å². The molecule has 1 saturated heterocycles. The van der Waals surface area contributed by atoms with Gasteiger partial charge in [-0.1, -0.05) is 6.07 Å². The number of thiophene rings is 1. The third-order valence-corrected chi connectivity index (χ3v) is 6.96. The Morgan fingerprint density at radius 2 is 2.23 bits per heavy atom. The second kappa shape index (κ2) is 9.62. The van der Waals surface area contributed by atoms with Gasteiger partial charge in [0.2, 0.25) is 0 Å². The van der Waals surface area contributed by atoms with Gasteiger partial charge < -0.3 is 15.6 Å². The van der Waals surface area contributed by atoms with Crippen LogP contribution in [0.25, 0.3) is 10.9 Å². The summed E-state index contributed by atoms with van der Waals surface area (Å²) in [6.45, 7) is 2.78. The van der Waals surface area contributed by atoms with Crippen molar-refractivity contribution in [2.75, 3.05) is 33.7 Å². The van der Waals surface area contributed by atoms with E-state index in [1.165, 1.54) is 23.8 Å². The number of benzene rings is 1. The Bertz CT molecular complexity index is 981. The fourth-order valence-corrected chi connectivity index (χ4v) is 5.49. The van der Waals surface area contributed by atoms with E-state index < -0.39 is 0 Å². The number of likely N-dealkylation sites (tertiary alicyclic amines) is 1. The van der Waals surface area contributed by atoms with Crippen LogP contribution >= 0.6 is 11.3 Å². The monoisotopic (exact) mass is 427 g/mol. The number of H-pyrrole nitrogens is 1. The van der Waals surface area contributed by atoms with Crippen LogP contribution in [0.2, 0.25) is 0 Å². The molecule has 1 aliphatic rings. The predicted molar refractivity (Wildman–Crippen MR) is 124 cm³/mol. The topological polar surface area (TPSA) is 55.5 Å². The fraction of sp³-hybridized carbons (Fsp3) is 0.435. The summed E-state index contributed by atoms with van der Waals surface area (Å²) < 4.78 is 13.6. The molecule has 4 rings (SSSR count). The summed E-state index contributed by atoms with van der Waals surface area (Å²) in [5.74, 6) is 1.17. The maximum Gasteiger partial charge on any atom is 0.190 e. The van der Waals surface area contributed by atoms with Gasteiger partial charge in [-0.2, -0.15) is 0 Å². The molecule has 5 nitrogen and oxygen atoms in total. The number of fused-ring (bicyclic) bond motifs is 1. The van der Waals surface area contributed by atoms with Gasteiger partial charge in [0.15, 0.2) is 5.96 Å². The van der Waals surface area contributed by atoms with Gasteiger partial charge in [0, 0.05) is 48.2 Å². The summed E-state index contributed by atoms with van der Waals surface area (Å²) in [6.07, 6.45) is 5.21. The minimum absolute atomic E-state index is 0.202. The van der Waals surface area contributed by atoms with Crippen molar-refractivity contribution >= 4 is 28.2 Å². The molecule has 160 valence electrons. The van der Waals surface area contributed by atoms with Crippen molar-refractivity contribution in [1.82, 2.24) is 20.5 Å². The molecule has 7 heteroatoms. The van der Waals surface area contributed by atoms with Gasteiger partial charge in [-0.25, -0.2) is 4.39 Å². The largest absolute Gasteiger partial charge is 0.361 e. The van der Waals surface area contributed by atoms with Crippen molar-refractivity contribution in [3.05, 3.63) is 58.2 Å². The Labute approximate surface area is 181 Å². The van der Waals surface area contributed by atoms with E-state index >= 15 is 0 Å². The molecular weight excluding hydrogens is 397 g/mol. The first-order valence-electron chi connectivity index (χ1n) is 10.6. The molecule has 1 aromatic carbocycles. The molecule has 0 saturated carbocycles. The molecule has 1 aliphatic heterocycles. The zero-order chi connectivity index (χ0) is 20.9. The Morgan fingerprint density at radius 1 is 1.33 bits per heavy atom.